The molecule has 1 aliphatic heterocycles. The van der Waals surface area contributed by atoms with E-state index in [0.717, 1.165) is 65.6 Å². The molecule has 0 saturated heterocycles. The largest absolute Gasteiger partial charge is 0.491 e. The van der Waals surface area contributed by atoms with Crippen molar-refractivity contribution in [2.24, 2.45) is 5.41 Å². The van der Waals surface area contributed by atoms with Gasteiger partial charge in [-0.2, -0.15) is 0 Å². The number of benzene rings is 2. The number of thioether (sulfide) groups is 1. The van der Waals surface area contributed by atoms with Crippen LogP contribution in [0.3, 0.4) is 0 Å². The topological polar surface area (TPSA) is 50.8 Å². The highest BCUT2D eigenvalue weighted by Gasteiger charge is 2.52. The normalized spacial score (nSPS) is 18.7. The van der Waals surface area contributed by atoms with E-state index in [1.807, 2.05) is 25.3 Å². The molecule has 0 bridgehead atoms. The van der Waals surface area contributed by atoms with Gasteiger partial charge in [0.2, 0.25) is 0 Å². The van der Waals surface area contributed by atoms with Crippen molar-refractivity contribution in [2.75, 3.05) is 30.9 Å². The number of fused-ring (bicyclic) bond motifs is 1. The van der Waals surface area contributed by atoms with Crippen molar-refractivity contribution in [1.82, 2.24) is 4.72 Å². The van der Waals surface area contributed by atoms with Crippen LogP contribution in [0, 0.1) is 11.2 Å². The number of esters is 1. The number of ether oxygens (including phenoxy) is 2. The summed E-state index contributed by atoms with van der Waals surface area (Å²) in [6.07, 6.45) is 6.99. The number of hydrogen-bond donors (Lipinski definition) is 1. The molecule has 1 saturated carbocycles. The van der Waals surface area contributed by atoms with E-state index in [1.54, 1.807) is 23.7 Å². The minimum absolute atomic E-state index is 0.159. The van der Waals surface area contributed by atoms with Gasteiger partial charge in [-0.1, -0.05) is 19.8 Å². The van der Waals surface area contributed by atoms with E-state index in [4.69, 9.17) is 9.47 Å². The summed E-state index contributed by atoms with van der Waals surface area (Å²) in [6, 6.07) is 11.2. The van der Waals surface area contributed by atoms with Crippen LogP contribution < -0.4 is 14.4 Å². The molecule has 0 radical (unpaired) electrons. The van der Waals surface area contributed by atoms with E-state index in [1.165, 1.54) is 12.1 Å². The number of nitrogens with one attached hydrogen (secondary N) is 1. The van der Waals surface area contributed by atoms with Gasteiger partial charge < -0.3 is 14.4 Å². The molecule has 8 heteroatoms. The van der Waals surface area contributed by atoms with Gasteiger partial charge in [-0.3, -0.25) is 9.52 Å². The van der Waals surface area contributed by atoms with E-state index in [-0.39, 0.29) is 11.8 Å². The van der Waals surface area contributed by atoms with Crippen molar-refractivity contribution >= 4 is 41.1 Å². The fraction of sp³-hybridized carbons (Fsp3) is 0.500. The Labute approximate surface area is 210 Å². The van der Waals surface area contributed by atoms with Crippen LogP contribution in [0.2, 0.25) is 0 Å². The molecule has 1 atom stereocenters. The number of nitrogens with zero attached hydrogens (tertiary/aromatic N) is 1. The van der Waals surface area contributed by atoms with Crippen molar-refractivity contribution in [3.8, 4) is 5.75 Å². The average molecular weight is 505 g/mol. The van der Waals surface area contributed by atoms with Crippen LogP contribution >= 0.6 is 23.7 Å². The first-order chi connectivity index (χ1) is 16.5. The molecule has 4 rings (SSSR count). The van der Waals surface area contributed by atoms with E-state index < -0.39 is 5.41 Å². The monoisotopic (exact) mass is 504 g/mol. The van der Waals surface area contributed by atoms with Gasteiger partial charge in [0.15, 0.2) is 0 Å². The van der Waals surface area contributed by atoms with Gasteiger partial charge in [-0.15, -0.1) is 11.8 Å². The van der Waals surface area contributed by atoms with Crippen LogP contribution in [0.4, 0.5) is 15.8 Å². The highest BCUT2D eigenvalue weighted by Crippen LogP contribution is 2.49. The Hall–Kier alpha value is -1.90. The number of carbonyl (C=O) groups is 1. The number of halogens is 1. The van der Waals surface area contributed by atoms with Gasteiger partial charge in [-0.05, 0) is 80.8 Å². The maximum Gasteiger partial charge on any atom is 0.315 e. The van der Waals surface area contributed by atoms with Crippen molar-refractivity contribution in [3.63, 3.8) is 0 Å². The van der Waals surface area contributed by atoms with Crippen LogP contribution in [-0.4, -0.2) is 38.0 Å². The minimum atomic E-state index is -0.505. The SMILES string of the molecule is CCCCC1CN(c2ccc(F)cc2)c2cc(SC)c(OCC3(C(=O)OCC)CC3)cc2SN1. The van der Waals surface area contributed by atoms with Gasteiger partial charge in [-0.25, -0.2) is 4.39 Å². The van der Waals surface area contributed by atoms with Crippen LogP contribution in [0.15, 0.2) is 46.2 Å². The molecular formula is C26H33FN2O3S2. The predicted molar refractivity (Wildman–Crippen MR) is 138 cm³/mol. The van der Waals surface area contributed by atoms with Gasteiger partial charge >= 0.3 is 5.97 Å². The fourth-order valence-corrected chi connectivity index (χ4v) is 5.60. The number of carbonyl (C=O) groups excluding carboxylic acids is 1. The molecular weight excluding hydrogens is 471 g/mol. The van der Waals surface area contributed by atoms with Crippen molar-refractivity contribution in [3.05, 3.63) is 42.2 Å². The third kappa shape index (κ3) is 5.66. The summed E-state index contributed by atoms with van der Waals surface area (Å²) in [5.41, 5.74) is 1.54. The summed E-state index contributed by atoms with van der Waals surface area (Å²) in [7, 11) is 0. The van der Waals surface area contributed by atoms with Crippen LogP contribution in [0.5, 0.6) is 5.75 Å². The quantitative estimate of drug-likeness (QED) is 0.223. The second-order valence-electron chi connectivity index (χ2n) is 8.91. The summed E-state index contributed by atoms with van der Waals surface area (Å²) in [6.45, 7) is 5.55. The van der Waals surface area contributed by atoms with Crippen LogP contribution in [0.25, 0.3) is 0 Å². The van der Waals surface area contributed by atoms with Crippen LogP contribution in [0.1, 0.15) is 46.0 Å². The lowest BCUT2D eigenvalue weighted by molar-refractivity contribution is -0.150. The van der Waals surface area contributed by atoms with E-state index >= 15 is 0 Å². The second kappa shape index (κ2) is 11.2. The second-order valence-corrected chi connectivity index (χ2v) is 10.6. The Morgan fingerprint density at radius 2 is 2.03 bits per heavy atom. The molecule has 5 nitrogen and oxygen atoms in total. The Bertz CT molecular complexity index is 998. The minimum Gasteiger partial charge on any atom is -0.491 e. The summed E-state index contributed by atoms with van der Waals surface area (Å²) < 4.78 is 28.8. The van der Waals surface area contributed by atoms with Gasteiger partial charge in [0.25, 0.3) is 0 Å². The average Bonchev–Trinajstić information content (AvgIpc) is 3.66. The zero-order valence-electron chi connectivity index (χ0n) is 20.1. The van der Waals surface area contributed by atoms with Gasteiger partial charge in [0, 0.05) is 18.3 Å². The van der Waals surface area contributed by atoms with Crippen molar-refractivity contribution in [2.45, 2.75) is 61.8 Å². The molecule has 184 valence electrons. The first-order valence-electron chi connectivity index (χ1n) is 12.0. The molecule has 1 N–H and O–H groups in total. The lowest BCUT2D eigenvalue weighted by Crippen LogP contribution is -2.34. The number of anilines is 2. The maximum atomic E-state index is 13.6. The first kappa shape index (κ1) is 25.2. The predicted octanol–water partition coefficient (Wildman–Crippen LogP) is 6.58. The Kier molecular flexibility index (Phi) is 8.32. The van der Waals surface area contributed by atoms with Crippen LogP contribution in [-0.2, 0) is 9.53 Å². The molecule has 2 aromatic carbocycles. The Morgan fingerprint density at radius 1 is 1.26 bits per heavy atom. The molecule has 0 aromatic heterocycles. The van der Waals surface area contributed by atoms with E-state index in [0.29, 0.717) is 19.3 Å². The molecule has 2 aromatic rings. The fourth-order valence-electron chi connectivity index (χ4n) is 4.12. The highest BCUT2D eigenvalue weighted by molar-refractivity contribution is 7.98. The smallest absolute Gasteiger partial charge is 0.315 e. The molecule has 1 unspecified atom stereocenters. The van der Waals surface area contributed by atoms with E-state index in [9.17, 15) is 9.18 Å². The molecule has 1 aliphatic carbocycles. The third-order valence-corrected chi connectivity index (χ3v) is 8.14. The summed E-state index contributed by atoms with van der Waals surface area (Å²) >= 11 is 3.24. The van der Waals surface area contributed by atoms with Crippen molar-refractivity contribution in [1.29, 1.82) is 0 Å². The molecule has 0 amide bonds. The number of unbranched alkanes of at least 4 members (excludes halogenated alkanes) is 1. The lowest BCUT2D eigenvalue weighted by atomic mass is 10.1. The zero-order valence-corrected chi connectivity index (χ0v) is 21.7. The molecule has 0 spiro atoms. The van der Waals surface area contributed by atoms with E-state index in [2.05, 4.69) is 28.7 Å². The number of hydrogen-bond acceptors (Lipinski definition) is 7. The Morgan fingerprint density at radius 3 is 2.68 bits per heavy atom. The lowest BCUT2D eigenvalue weighted by Gasteiger charge is -2.28. The zero-order chi connectivity index (χ0) is 24.1. The Balaban J connectivity index is 1.63. The van der Waals surface area contributed by atoms with Crippen molar-refractivity contribution < 1.29 is 18.7 Å². The standard InChI is InChI=1S/C26H33FN2O3S2/c1-4-6-7-19-16-29(20-10-8-18(27)9-11-20)21-14-24(33-3)22(15-23(21)34-28-19)32-17-26(12-13-26)25(30)31-5-2/h8-11,14-15,19,28H,4-7,12-13,16-17H2,1-3H3. The molecule has 1 fully saturated rings. The molecule has 34 heavy (non-hydrogen) atoms. The number of rotatable bonds is 10. The summed E-state index contributed by atoms with van der Waals surface area (Å²) in [5, 5.41) is 0. The highest BCUT2D eigenvalue weighted by atomic mass is 32.2. The summed E-state index contributed by atoms with van der Waals surface area (Å²) in [5.74, 6) is 0.382. The molecule has 1 heterocycles. The molecule has 2 aliphatic rings. The van der Waals surface area contributed by atoms with Gasteiger partial charge in [0.1, 0.15) is 23.6 Å². The summed E-state index contributed by atoms with van der Waals surface area (Å²) in [4.78, 5) is 16.7. The third-order valence-electron chi connectivity index (χ3n) is 6.38. The van der Waals surface area contributed by atoms with Gasteiger partial charge in [0.05, 0.1) is 22.1 Å². The first-order valence-corrected chi connectivity index (χ1v) is 14.0. The maximum absolute atomic E-state index is 13.6.